The second-order valence-electron chi connectivity index (χ2n) is 7.76. The maximum absolute atomic E-state index is 10.9. The molecular formula is C24H41IO. The van der Waals surface area contributed by atoms with Gasteiger partial charge in [-0.25, -0.2) is 0 Å². The van der Waals surface area contributed by atoms with Gasteiger partial charge < -0.3 is 0 Å². The summed E-state index contributed by atoms with van der Waals surface area (Å²) in [5, 5.41) is 0. The molecule has 0 bridgehead atoms. The zero-order chi connectivity index (χ0) is 18.7. The van der Waals surface area contributed by atoms with Crippen LogP contribution in [-0.2, 0) is 9.49 Å². The van der Waals surface area contributed by atoms with Crippen molar-refractivity contribution >= 4 is 21.2 Å². The molecule has 0 fully saturated rings. The highest BCUT2D eigenvalue weighted by atomic mass is 127. The van der Waals surface area contributed by atoms with Crippen LogP contribution in [0.15, 0.2) is 24.3 Å². The van der Waals surface area contributed by atoms with Gasteiger partial charge in [0.2, 0.25) is 0 Å². The number of benzene rings is 1. The van der Waals surface area contributed by atoms with Crippen molar-refractivity contribution < 1.29 is 3.07 Å². The molecular weight excluding hydrogens is 431 g/mol. The fourth-order valence-corrected chi connectivity index (χ4v) is 4.23. The van der Waals surface area contributed by atoms with Crippen molar-refractivity contribution in [3.63, 3.8) is 0 Å². The first-order valence-electron chi connectivity index (χ1n) is 11.2. The Bertz CT molecular complexity index is 426. The van der Waals surface area contributed by atoms with Gasteiger partial charge in [0.05, 0.1) is 0 Å². The van der Waals surface area contributed by atoms with Crippen molar-refractivity contribution in [3.8, 4) is 0 Å². The molecule has 1 aromatic carbocycles. The molecule has 0 aliphatic carbocycles. The molecule has 0 heterocycles. The number of hydrogen-bond donors (Lipinski definition) is 0. The zero-order valence-corrected chi connectivity index (χ0v) is 19.3. The van der Waals surface area contributed by atoms with Crippen LogP contribution in [0.25, 0.3) is 0 Å². The molecule has 0 saturated heterocycles. The Balaban J connectivity index is 1.77. The average Bonchev–Trinajstić information content (AvgIpc) is 2.68. The molecule has 0 aliphatic rings. The highest BCUT2D eigenvalue weighted by Crippen LogP contribution is 2.15. The maximum atomic E-state index is 10.9. The lowest BCUT2D eigenvalue weighted by Crippen LogP contribution is -1.87. The molecule has 0 unspecified atom stereocenters. The van der Waals surface area contributed by atoms with Crippen LogP contribution in [0.5, 0.6) is 0 Å². The van der Waals surface area contributed by atoms with Gasteiger partial charge in [-0.3, -0.25) is 3.07 Å². The van der Waals surface area contributed by atoms with Crippen LogP contribution >= 0.6 is 21.2 Å². The van der Waals surface area contributed by atoms with Gasteiger partial charge in [0.1, 0.15) is 0 Å². The molecule has 1 rings (SSSR count). The van der Waals surface area contributed by atoms with Crippen LogP contribution < -0.4 is 0 Å². The highest BCUT2D eigenvalue weighted by molar-refractivity contribution is 14.1. The van der Waals surface area contributed by atoms with E-state index < -0.39 is 21.2 Å². The summed E-state index contributed by atoms with van der Waals surface area (Å²) in [6.07, 6.45) is 23.9. The largest absolute Gasteiger partial charge is 0.265 e. The van der Waals surface area contributed by atoms with Gasteiger partial charge in [0.25, 0.3) is 0 Å². The van der Waals surface area contributed by atoms with Gasteiger partial charge in [0.15, 0.2) is 21.2 Å². The zero-order valence-electron chi connectivity index (χ0n) is 17.1. The molecule has 150 valence electrons. The third kappa shape index (κ3) is 13.9. The van der Waals surface area contributed by atoms with Crippen LogP contribution in [0.1, 0.15) is 115 Å². The molecule has 0 aliphatic heterocycles. The summed E-state index contributed by atoms with van der Waals surface area (Å²) in [6, 6.07) is 8.36. The number of aryl methyl sites for hydroxylation is 1. The molecule has 0 amide bonds. The summed E-state index contributed by atoms with van der Waals surface area (Å²) in [7, 11) is 0. The summed E-state index contributed by atoms with van der Waals surface area (Å²) in [5.41, 5.74) is 1.40. The van der Waals surface area contributed by atoms with Gasteiger partial charge in [-0.15, -0.1) is 0 Å². The maximum Gasteiger partial charge on any atom is 0.182 e. The van der Waals surface area contributed by atoms with E-state index in [1.165, 1.54) is 115 Å². The normalized spacial score (nSPS) is 11.1. The predicted molar refractivity (Wildman–Crippen MR) is 123 cm³/mol. The molecule has 0 atom stereocenters. The lowest BCUT2D eigenvalue weighted by atomic mass is 10.0. The van der Waals surface area contributed by atoms with Crippen molar-refractivity contribution in [2.75, 3.05) is 0 Å². The predicted octanol–water partition coefficient (Wildman–Crippen LogP) is 8.98. The summed E-state index contributed by atoms with van der Waals surface area (Å²) in [5.74, 6) is 0. The quantitative estimate of drug-likeness (QED) is 0.154. The summed E-state index contributed by atoms with van der Waals surface area (Å²) in [4.78, 5) is 0. The number of rotatable bonds is 18. The molecule has 26 heavy (non-hydrogen) atoms. The SMILES string of the molecule is CCCCCCCCCCCCCCCCCCc1ccc(I=O)cc1. The van der Waals surface area contributed by atoms with Gasteiger partial charge in [-0.1, -0.05) is 115 Å². The van der Waals surface area contributed by atoms with Crippen molar-refractivity contribution in [3.05, 3.63) is 33.4 Å². The molecule has 2 heteroatoms. The van der Waals surface area contributed by atoms with E-state index in [2.05, 4.69) is 19.1 Å². The second-order valence-corrected chi connectivity index (χ2v) is 9.44. The smallest absolute Gasteiger partial charge is 0.182 e. The molecule has 0 saturated carbocycles. The molecule has 1 aromatic rings. The van der Waals surface area contributed by atoms with Crippen LogP contribution in [-0.4, -0.2) is 0 Å². The molecule has 0 radical (unpaired) electrons. The van der Waals surface area contributed by atoms with Gasteiger partial charge in [-0.05, 0) is 30.5 Å². The number of hydrogen-bond acceptors (Lipinski definition) is 1. The fourth-order valence-electron chi connectivity index (χ4n) is 3.58. The molecule has 0 N–H and O–H groups in total. The van der Waals surface area contributed by atoms with E-state index in [0.717, 1.165) is 3.57 Å². The number of halogens is 1. The third-order valence-electron chi connectivity index (χ3n) is 5.32. The van der Waals surface area contributed by atoms with Gasteiger partial charge >= 0.3 is 0 Å². The van der Waals surface area contributed by atoms with Gasteiger partial charge in [-0.2, -0.15) is 0 Å². The first-order chi connectivity index (χ1) is 12.9. The van der Waals surface area contributed by atoms with E-state index in [9.17, 15) is 3.07 Å². The fraction of sp³-hybridized carbons (Fsp3) is 0.750. The lowest BCUT2D eigenvalue weighted by Gasteiger charge is -2.04. The standard InChI is InChI=1S/C24H41IO/c1-2-3-4-5-6-7-8-9-10-11-12-13-14-15-16-17-18-23-19-21-24(25-26)22-20-23/h19-22H,2-18H2,1H3. The summed E-state index contributed by atoms with van der Waals surface area (Å²) in [6.45, 7) is 2.29. The minimum atomic E-state index is -0.989. The Morgan fingerprint density at radius 2 is 0.962 bits per heavy atom. The van der Waals surface area contributed by atoms with E-state index in [1.807, 2.05) is 12.1 Å². The van der Waals surface area contributed by atoms with E-state index in [0.29, 0.717) is 0 Å². The first kappa shape index (κ1) is 23.8. The Labute approximate surface area is 173 Å². The van der Waals surface area contributed by atoms with Crippen LogP contribution in [0, 0.1) is 3.57 Å². The third-order valence-corrected chi connectivity index (χ3v) is 6.55. The average molecular weight is 472 g/mol. The van der Waals surface area contributed by atoms with E-state index in [1.54, 1.807) is 0 Å². The Morgan fingerprint density at radius 1 is 0.577 bits per heavy atom. The summed E-state index contributed by atoms with van der Waals surface area (Å²) >= 11 is -0.989. The Kier molecular flexibility index (Phi) is 16.6. The van der Waals surface area contributed by atoms with Crippen molar-refractivity contribution in [1.29, 1.82) is 0 Å². The van der Waals surface area contributed by atoms with Crippen molar-refractivity contribution in [1.82, 2.24) is 0 Å². The van der Waals surface area contributed by atoms with Crippen LogP contribution in [0.4, 0.5) is 0 Å². The highest BCUT2D eigenvalue weighted by Gasteiger charge is 1.97. The Morgan fingerprint density at radius 3 is 1.35 bits per heavy atom. The second kappa shape index (κ2) is 18.1. The molecule has 0 aromatic heterocycles. The number of unbranched alkanes of at least 4 members (excludes halogenated alkanes) is 15. The van der Waals surface area contributed by atoms with Crippen LogP contribution in [0.3, 0.4) is 0 Å². The minimum Gasteiger partial charge on any atom is -0.265 e. The van der Waals surface area contributed by atoms with Crippen molar-refractivity contribution in [2.24, 2.45) is 0 Å². The van der Waals surface area contributed by atoms with E-state index in [-0.39, 0.29) is 0 Å². The monoisotopic (exact) mass is 472 g/mol. The van der Waals surface area contributed by atoms with Gasteiger partial charge in [0, 0.05) is 3.57 Å². The minimum absolute atomic E-state index is 0.989. The van der Waals surface area contributed by atoms with Crippen LogP contribution in [0.2, 0.25) is 0 Å². The topological polar surface area (TPSA) is 17.1 Å². The van der Waals surface area contributed by atoms with Crippen molar-refractivity contribution in [2.45, 2.75) is 116 Å². The lowest BCUT2D eigenvalue weighted by molar-refractivity contribution is 0.529. The Hall–Kier alpha value is -0.250. The van der Waals surface area contributed by atoms with E-state index >= 15 is 0 Å². The first-order valence-corrected chi connectivity index (χ1v) is 13.2. The molecule has 0 spiro atoms. The molecule has 1 nitrogen and oxygen atoms in total. The van der Waals surface area contributed by atoms with E-state index in [4.69, 9.17) is 0 Å². The summed E-state index contributed by atoms with van der Waals surface area (Å²) < 4.78 is 11.9.